The zero-order valence-electron chi connectivity index (χ0n) is 19.4. The number of ether oxygens (including phenoxy) is 1. The topological polar surface area (TPSA) is 50.6 Å². The minimum absolute atomic E-state index is 0.00780. The van der Waals surface area contributed by atoms with Crippen molar-refractivity contribution in [1.29, 1.82) is 0 Å². The maximum Gasteiger partial charge on any atom is 0.132 e. The third-order valence-corrected chi connectivity index (χ3v) is 5.98. The number of hydrogen-bond donors (Lipinski definition) is 0. The molecule has 1 saturated heterocycles. The molecule has 1 aliphatic rings. The van der Waals surface area contributed by atoms with Gasteiger partial charge in [0.1, 0.15) is 12.1 Å². The Morgan fingerprint density at radius 1 is 1.15 bits per heavy atom. The summed E-state index contributed by atoms with van der Waals surface area (Å²) in [5.74, 6) is -0.317. The standard InChI is InChI=1S/C27H29FN4O/c1-5-10-29-26(18(2)3)19(4)20-6-9-24(28)23(15-20)27-22-8-7-21(16-25(22)30-17-31-27)32-11-13-33-14-12-32/h5-10,15-17,19H,1,11-14H2,2-4H3/b29-10-. The first-order valence-electron chi connectivity index (χ1n) is 11.2. The highest BCUT2D eigenvalue weighted by atomic mass is 19.1. The molecule has 0 amide bonds. The molecule has 5 nitrogen and oxygen atoms in total. The van der Waals surface area contributed by atoms with Crippen LogP contribution in [0.3, 0.4) is 0 Å². The van der Waals surface area contributed by atoms with Crippen LogP contribution in [0, 0.1) is 5.82 Å². The quantitative estimate of drug-likeness (QED) is 0.443. The summed E-state index contributed by atoms with van der Waals surface area (Å²) in [5.41, 5.74) is 5.96. The molecule has 1 unspecified atom stereocenters. The number of allylic oxidation sites excluding steroid dienone is 3. The highest BCUT2D eigenvalue weighted by Crippen LogP contribution is 2.34. The van der Waals surface area contributed by atoms with Gasteiger partial charge in [-0.1, -0.05) is 31.2 Å². The third kappa shape index (κ3) is 4.86. The highest BCUT2D eigenvalue weighted by molar-refractivity contribution is 5.94. The first kappa shape index (κ1) is 22.8. The number of rotatable bonds is 6. The van der Waals surface area contributed by atoms with Gasteiger partial charge in [0, 0.05) is 47.6 Å². The predicted octanol–water partition coefficient (Wildman–Crippen LogP) is 5.93. The van der Waals surface area contributed by atoms with Crippen LogP contribution in [0.4, 0.5) is 10.1 Å². The van der Waals surface area contributed by atoms with E-state index in [1.165, 1.54) is 12.4 Å². The molecular weight excluding hydrogens is 415 g/mol. The van der Waals surface area contributed by atoms with Gasteiger partial charge in [0.05, 0.1) is 24.4 Å². The molecule has 0 N–H and O–H groups in total. The van der Waals surface area contributed by atoms with E-state index in [-0.39, 0.29) is 11.7 Å². The Morgan fingerprint density at radius 3 is 2.67 bits per heavy atom. The molecule has 1 atom stereocenters. The van der Waals surface area contributed by atoms with Crippen molar-refractivity contribution in [3.8, 4) is 11.3 Å². The zero-order chi connectivity index (χ0) is 23.4. The SMILES string of the molecule is C=C/C=N\C(=C(C)C)C(C)c1ccc(F)c(-c2ncnc3cc(N4CCOCC4)ccc23)c1. The molecule has 0 radical (unpaired) electrons. The fourth-order valence-electron chi connectivity index (χ4n) is 4.24. The van der Waals surface area contributed by atoms with Crippen molar-refractivity contribution in [1.82, 2.24) is 9.97 Å². The van der Waals surface area contributed by atoms with Gasteiger partial charge in [0.15, 0.2) is 0 Å². The van der Waals surface area contributed by atoms with Gasteiger partial charge >= 0.3 is 0 Å². The summed E-state index contributed by atoms with van der Waals surface area (Å²) in [6, 6.07) is 11.3. The molecule has 2 heterocycles. The average molecular weight is 445 g/mol. The largest absolute Gasteiger partial charge is 0.378 e. The normalized spacial score (nSPS) is 15.1. The molecule has 3 aromatic rings. The molecule has 4 rings (SSSR count). The van der Waals surface area contributed by atoms with E-state index < -0.39 is 0 Å². The number of aliphatic imine (C=N–C) groups is 1. The number of morpholine rings is 1. The third-order valence-electron chi connectivity index (χ3n) is 5.98. The summed E-state index contributed by atoms with van der Waals surface area (Å²) >= 11 is 0. The van der Waals surface area contributed by atoms with Crippen molar-refractivity contribution in [2.45, 2.75) is 26.7 Å². The summed E-state index contributed by atoms with van der Waals surface area (Å²) in [4.78, 5) is 15.8. The zero-order valence-corrected chi connectivity index (χ0v) is 19.4. The smallest absolute Gasteiger partial charge is 0.132 e. The molecule has 0 aliphatic carbocycles. The van der Waals surface area contributed by atoms with Crippen LogP contribution in [0.2, 0.25) is 0 Å². The Kier molecular flexibility index (Phi) is 6.94. The van der Waals surface area contributed by atoms with E-state index in [2.05, 4.69) is 39.4 Å². The Labute approximate surface area is 194 Å². The number of fused-ring (bicyclic) bond motifs is 1. The van der Waals surface area contributed by atoms with E-state index in [1.807, 2.05) is 38.1 Å². The van der Waals surface area contributed by atoms with Crippen LogP contribution >= 0.6 is 0 Å². The Balaban J connectivity index is 1.76. The molecule has 33 heavy (non-hydrogen) atoms. The Hall–Kier alpha value is -3.38. The van der Waals surface area contributed by atoms with Crippen LogP contribution in [0.5, 0.6) is 0 Å². The van der Waals surface area contributed by atoms with Crippen molar-refractivity contribution < 1.29 is 9.13 Å². The number of hydrogen-bond acceptors (Lipinski definition) is 5. The minimum Gasteiger partial charge on any atom is -0.378 e. The first-order chi connectivity index (χ1) is 16.0. The Morgan fingerprint density at radius 2 is 1.94 bits per heavy atom. The van der Waals surface area contributed by atoms with Gasteiger partial charge < -0.3 is 9.64 Å². The van der Waals surface area contributed by atoms with Crippen LogP contribution in [0.1, 0.15) is 32.3 Å². The molecular formula is C27H29FN4O. The fourth-order valence-corrected chi connectivity index (χ4v) is 4.24. The van der Waals surface area contributed by atoms with Gasteiger partial charge in [0.25, 0.3) is 0 Å². The predicted molar refractivity (Wildman–Crippen MR) is 133 cm³/mol. The van der Waals surface area contributed by atoms with E-state index >= 15 is 4.39 Å². The van der Waals surface area contributed by atoms with Crippen molar-refractivity contribution in [3.63, 3.8) is 0 Å². The molecule has 2 aromatic carbocycles. The van der Waals surface area contributed by atoms with Gasteiger partial charge in [-0.2, -0.15) is 0 Å². The summed E-state index contributed by atoms with van der Waals surface area (Å²) in [5, 5.41) is 0.824. The second kappa shape index (κ2) is 10.0. The summed E-state index contributed by atoms with van der Waals surface area (Å²) < 4.78 is 20.5. The van der Waals surface area contributed by atoms with Crippen LogP contribution in [0.15, 0.2) is 71.6 Å². The summed E-state index contributed by atoms with van der Waals surface area (Å²) in [6.45, 7) is 13.0. The van der Waals surface area contributed by atoms with Crippen molar-refractivity contribution in [3.05, 3.63) is 78.0 Å². The van der Waals surface area contributed by atoms with Crippen LogP contribution in [0.25, 0.3) is 22.2 Å². The van der Waals surface area contributed by atoms with E-state index in [9.17, 15) is 0 Å². The molecule has 1 aromatic heterocycles. The van der Waals surface area contributed by atoms with Crippen LogP contribution in [-0.4, -0.2) is 42.5 Å². The average Bonchev–Trinajstić information content (AvgIpc) is 2.84. The maximum absolute atomic E-state index is 15.0. The molecule has 1 aliphatic heterocycles. The first-order valence-corrected chi connectivity index (χ1v) is 11.2. The molecule has 0 saturated carbocycles. The van der Waals surface area contributed by atoms with Gasteiger partial charge in [0.2, 0.25) is 0 Å². The second-order valence-corrected chi connectivity index (χ2v) is 8.38. The van der Waals surface area contributed by atoms with Crippen molar-refractivity contribution in [2.24, 2.45) is 4.99 Å². The van der Waals surface area contributed by atoms with E-state index in [0.717, 1.165) is 46.5 Å². The molecule has 0 bridgehead atoms. The van der Waals surface area contributed by atoms with Gasteiger partial charge in [-0.05, 0) is 49.7 Å². The van der Waals surface area contributed by atoms with Crippen molar-refractivity contribution >= 4 is 22.8 Å². The number of nitrogens with zero attached hydrogens (tertiary/aromatic N) is 4. The van der Waals surface area contributed by atoms with E-state index in [4.69, 9.17) is 4.74 Å². The summed E-state index contributed by atoms with van der Waals surface area (Å²) in [7, 11) is 0. The lowest BCUT2D eigenvalue weighted by Gasteiger charge is -2.29. The van der Waals surface area contributed by atoms with Gasteiger partial charge in [-0.3, -0.25) is 4.99 Å². The number of aromatic nitrogens is 2. The fraction of sp³-hybridized carbons (Fsp3) is 0.296. The second-order valence-electron chi connectivity index (χ2n) is 8.38. The minimum atomic E-state index is -0.309. The molecule has 0 spiro atoms. The lowest BCUT2D eigenvalue weighted by molar-refractivity contribution is 0.122. The van der Waals surface area contributed by atoms with Gasteiger partial charge in [-0.25, -0.2) is 14.4 Å². The number of halogens is 1. The maximum atomic E-state index is 15.0. The number of benzene rings is 2. The molecule has 6 heteroatoms. The van der Waals surface area contributed by atoms with E-state index in [0.29, 0.717) is 24.5 Å². The lowest BCUT2D eigenvalue weighted by Crippen LogP contribution is -2.36. The van der Waals surface area contributed by atoms with E-state index in [1.54, 1.807) is 12.3 Å². The van der Waals surface area contributed by atoms with Gasteiger partial charge in [-0.15, -0.1) is 0 Å². The van der Waals surface area contributed by atoms with Crippen LogP contribution in [-0.2, 0) is 4.74 Å². The molecule has 1 fully saturated rings. The Bertz CT molecular complexity index is 1220. The monoisotopic (exact) mass is 444 g/mol. The molecule has 170 valence electrons. The lowest BCUT2D eigenvalue weighted by atomic mass is 9.92. The highest BCUT2D eigenvalue weighted by Gasteiger charge is 2.18. The van der Waals surface area contributed by atoms with Crippen molar-refractivity contribution in [2.75, 3.05) is 31.2 Å². The summed E-state index contributed by atoms with van der Waals surface area (Å²) in [6.07, 6.45) is 4.85. The van der Waals surface area contributed by atoms with Crippen LogP contribution < -0.4 is 4.90 Å². The number of anilines is 1.